The van der Waals surface area contributed by atoms with Crippen molar-refractivity contribution in [3.05, 3.63) is 24.1 Å². The number of rotatable bonds is 3. The van der Waals surface area contributed by atoms with Crippen molar-refractivity contribution in [2.45, 2.75) is 20.3 Å². The lowest BCUT2D eigenvalue weighted by Crippen LogP contribution is -1.81. The predicted molar refractivity (Wildman–Crippen MR) is 44.3 cm³/mol. The highest BCUT2D eigenvalue weighted by Gasteiger charge is 1.84. The Hall–Kier alpha value is -1.05. The van der Waals surface area contributed by atoms with Crippen LogP contribution in [0.1, 0.15) is 20.3 Å². The van der Waals surface area contributed by atoms with E-state index >= 15 is 0 Å². The standard InChI is InChI=1S/C8H13NO/c1-4-8(5-2)6-9-7(3)10/h4,6,10H,3,5H2,1-2H3/b8-4-,9-6?. The summed E-state index contributed by atoms with van der Waals surface area (Å²) in [5.74, 6) is -0.146. The third-order valence-corrected chi connectivity index (χ3v) is 1.16. The van der Waals surface area contributed by atoms with Crippen LogP contribution in [0.15, 0.2) is 29.1 Å². The summed E-state index contributed by atoms with van der Waals surface area (Å²) >= 11 is 0. The fraction of sp³-hybridized carbons (Fsp3) is 0.375. The molecule has 0 bridgehead atoms. The van der Waals surface area contributed by atoms with Crippen LogP contribution in [0, 0.1) is 0 Å². The van der Waals surface area contributed by atoms with Gasteiger partial charge in [0.05, 0.1) is 0 Å². The van der Waals surface area contributed by atoms with E-state index in [-0.39, 0.29) is 5.88 Å². The second-order valence-corrected chi connectivity index (χ2v) is 1.89. The quantitative estimate of drug-likeness (QED) is 0.472. The lowest BCUT2D eigenvalue weighted by atomic mass is 10.2. The van der Waals surface area contributed by atoms with Crippen LogP contribution in [-0.4, -0.2) is 11.3 Å². The van der Waals surface area contributed by atoms with Crippen LogP contribution >= 0.6 is 0 Å². The highest BCUT2D eigenvalue weighted by Crippen LogP contribution is 1.96. The summed E-state index contributed by atoms with van der Waals surface area (Å²) in [6.45, 7) is 7.19. The van der Waals surface area contributed by atoms with Crippen LogP contribution in [0.2, 0.25) is 0 Å². The minimum absolute atomic E-state index is 0.146. The molecule has 56 valence electrons. The zero-order chi connectivity index (χ0) is 7.98. The minimum Gasteiger partial charge on any atom is -0.494 e. The Morgan fingerprint density at radius 3 is 2.60 bits per heavy atom. The van der Waals surface area contributed by atoms with Crippen molar-refractivity contribution in [1.29, 1.82) is 0 Å². The first-order valence-corrected chi connectivity index (χ1v) is 3.27. The van der Waals surface area contributed by atoms with Crippen LogP contribution < -0.4 is 0 Å². The first-order valence-electron chi connectivity index (χ1n) is 3.27. The molecule has 0 saturated heterocycles. The van der Waals surface area contributed by atoms with Crippen molar-refractivity contribution in [2.75, 3.05) is 0 Å². The van der Waals surface area contributed by atoms with Gasteiger partial charge in [-0.25, -0.2) is 4.99 Å². The van der Waals surface area contributed by atoms with Crippen LogP contribution in [-0.2, 0) is 0 Å². The van der Waals surface area contributed by atoms with Crippen molar-refractivity contribution in [3.8, 4) is 0 Å². The van der Waals surface area contributed by atoms with Gasteiger partial charge in [-0.2, -0.15) is 0 Å². The maximum absolute atomic E-state index is 8.57. The lowest BCUT2D eigenvalue weighted by Gasteiger charge is -1.91. The molecule has 0 aromatic carbocycles. The number of hydrogen-bond acceptors (Lipinski definition) is 2. The fourth-order valence-corrected chi connectivity index (χ4v) is 0.527. The normalized spacial score (nSPS) is 12.4. The minimum atomic E-state index is -0.146. The summed E-state index contributed by atoms with van der Waals surface area (Å²) in [5.41, 5.74) is 1.09. The van der Waals surface area contributed by atoms with Crippen molar-refractivity contribution < 1.29 is 5.11 Å². The first kappa shape index (κ1) is 8.95. The molecule has 0 fully saturated rings. The van der Waals surface area contributed by atoms with Crippen molar-refractivity contribution in [2.24, 2.45) is 4.99 Å². The van der Waals surface area contributed by atoms with Gasteiger partial charge in [0.2, 0.25) is 5.88 Å². The lowest BCUT2D eigenvalue weighted by molar-refractivity contribution is 0.410. The number of hydrogen-bond donors (Lipinski definition) is 1. The molecule has 0 unspecified atom stereocenters. The zero-order valence-electron chi connectivity index (χ0n) is 6.46. The molecule has 0 amide bonds. The largest absolute Gasteiger partial charge is 0.494 e. The molecule has 0 spiro atoms. The van der Waals surface area contributed by atoms with Gasteiger partial charge in [0.15, 0.2) is 0 Å². The number of allylic oxidation sites excluding steroid dienone is 2. The predicted octanol–water partition coefficient (Wildman–Crippen LogP) is 2.44. The molecular formula is C8H13NO. The molecule has 0 rings (SSSR count). The summed E-state index contributed by atoms with van der Waals surface area (Å²) in [6, 6.07) is 0. The Balaban J connectivity index is 3.98. The Morgan fingerprint density at radius 2 is 2.30 bits per heavy atom. The molecule has 0 aliphatic heterocycles. The summed E-state index contributed by atoms with van der Waals surface area (Å²) in [4.78, 5) is 3.63. The Kier molecular flexibility index (Phi) is 4.29. The van der Waals surface area contributed by atoms with Crippen molar-refractivity contribution in [1.82, 2.24) is 0 Å². The fourth-order valence-electron chi connectivity index (χ4n) is 0.527. The van der Waals surface area contributed by atoms with Crippen molar-refractivity contribution >= 4 is 6.21 Å². The average molecular weight is 139 g/mol. The average Bonchev–Trinajstić information content (AvgIpc) is 1.90. The van der Waals surface area contributed by atoms with E-state index in [1.807, 2.05) is 19.9 Å². The monoisotopic (exact) mass is 139 g/mol. The Labute approximate surface area is 61.6 Å². The summed E-state index contributed by atoms with van der Waals surface area (Å²) in [7, 11) is 0. The van der Waals surface area contributed by atoms with Gasteiger partial charge in [-0.15, -0.1) is 0 Å². The molecule has 1 N–H and O–H groups in total. The van der Waals surface area contributed by atoms with E-state index in [9.17, 15) is 0 Å². The van der Waals surface area contributed by atoms with Gasteiger partial charge in [0.25, 0.3) is 0 Å². The zero-order valence-corrected chi connectivity index (χ0v) is 6.46. The van der Waals surface area contributed by atoms with Gasteiger partial charge in [0.1, 0.15) is 0 Å². The Morgan fingerprint density at radius 1 is 1.70 bits per heavy atom. The molecule has 0 aromatic rings. The molecule has 2 nitrogen and oxygen atoms in total. The van der Waals surface area contributed by atoms with Gasteiger partial charge in [0, 0.05) is 6.21 Å². The first-order chi connectivity index (χ1) is 4.70. The number of aliphatic hydroxyl groups excluding tert-OH is 1. The molecule has 0 aliphatic rings. The molecule has 0 aromatic heterocycles. The van der Waals surface area contributed by atoms with Gasteiger partial charge >= 0.3 is 0 Å². The molecular weight excluding hydrogens is 126 g/mol. The SMILES string of the molecule is C=C(O)N=C/C(=C\C)CC. The molecule has 0 heterocycles. The smallest absolute Gasteiger partial charge is 0.203 e. The third-order valence-electron chi connectivity index (χ3n) is 1.16. The molecule has 2 heteroatoms. The second kappa shape index (κ2) is 4.79. The molecule has 0 aliphatic carbocycles. The maximum Gasteiger partial charge on any atom is 0.203 e. The van der Waals surface area contributed by atoms with E-state index < -0.39 is 0 Å². The molecule has 0 radical (unpaired) electrons. The van der Waals surface area contributed by atoms with E-state index in [1.54, 1.807) is 6.21 Å². The third kappa shape index (κ3) is 3.89. The van der Waals surface area contributed by atoms with Crippen LogP contribution in [0.4, 0.5) is 0 Å². The van der Waals surface area contributed by atoms with E-state index in [1.165, 1.54) is 0 Å². The molecule has 0 saturated carbocycles. The van der Waals surface area contributed by atoms with Crippen LogP contribution in [0.3, 0.4) is 0 Å². The van der Waals surface area contributed by atoms with Crippen LogP contribution in [0.5, 0.6) is 0 Å². The van der Waals surface area contributed by atoms with Crippen molar-refractivity contribution in [3.63, 3.8) is 0 Å². The maximum atomic E-state index is 8.57. The van der Waals surface area contributed by atoms with E-state index in [0.29, 0.717) is 0 Å². The summed E-state index contributed by atoms with van der Waals surface area (Å²) in [6.07, 6.45) is 4.49. The van der Waals surface area contributed by atoms with E-state index in [4.69, 9.17) is 5.11 Å². The van der Waals surface area contributed by atoms with Gasteiger partial charge in [-0.3, -0.25) is 0 Å². The number of aliphatic hydroxyl groups is 1. The Bertz CT molecular complexity index is 168. The second-order valence-electron chi connectivity index (χ2n) is 1.89. The van der Waals surface area contributed by atoms with Gasteiger partial charge < -0.3 is 5.11 Å². The van der Waals surface area contributed by atoms with Gasteiger partial charge in [-0.05, 0) is 25.5 Å². The van der Waals surface area contributed by atoms with E-state index in [0.717, 1.165) is 12.0 Å². The summed E-state index contributed by atoms with van der Waals surface area (Å²) < 4.78 is 0. The molecule has 0 atom stereocenters. The number of aliphatic imine (C=N–C) groups is 1. The summed E-state index contributed by atoms with van der Waals surface area (Å²) in [5, 5.41) is 8.57. The highest BCUT2D eigenvalue weighted by atomic mass is 16.3. The molecule has 10 heavy (non-hydrogen) atoms. The van der Waals surface area contributed by atoms with E-state index in [2.05, 4.69) is 11.6 Å². The highest BCUT2D eigenvalue weighted by molar-refractivity contribution is 5.78. The van der Waals surface area contributed by atoms with Gasteiger partial charge in [-0.1, -0.05) is 13.0 Å². The van der Waals surface area contributed by atoms with Crippen LogP contribution in [0.25, 0.3) is 0 Å². The topological polar surface area (TPSA) is 32.6 Å². The number of nitrogens with zero attached hydrogens (tertiary/aromatic N) is 1.